The molecule has 2 unspecified atom stereocenters. The van der Waals surface area contributed by atoms with Crippen LogP contribution in [0.15, 0.2) is 77.7 Å². The number of nitrogen functional groups attached to an aromatic ring is 1. The van der Waals surface area contributed by atoms with Crippen molar-refractivity contribution in [2.75, 3.05) is 19.4 Å². The van der Waals surface area contributed by atoms with Gasteiger partial charge in [-0.05, 0) is 66.5 Å². The average molecular weight is 532 g/mol. The van der Waals surface area contributed by atoms with Crippen molar-refractivity contribution in [3.63, 3.8) is 0 Å². The largest absolute Gasteiger partial charge is 0.491 e. The SMILES string of the molecule is CSc1ccc(CCCN2C(=O)C(CC(=O)O)CC2COc2ccc(-c3ccc(C(=N)N)cc3)cc2)cc1. The number of ether oxygens (including phenoxy) is 1. The Balaban J connectivity index is 1.36. The zero-order valence-electron chi connectivity index (χ0n) is 21.4. The number of likely N-dealkylation sites (tertiary alicyclic amines) is 1. The third-order valence-electron chi connectivity index (χ3n) is 6.90. The van der Waals surface area contributed by atoms with Gasteiger partial charge in [0.1, 0.15) is 18.2 Å². The fourth-order valence-electron chi connectivity index (χ4n) is 4.83. The lowest BCUT2D eigenvalue weighted by molar-refractivity contribution is -0.142. The Hall–Kier alpha value is -3.78. The minimum absolute atomic E-state index is 0.0372. The summed E-state index contributed by atoms with van der Waals surface area (Å²) in [6, 6.07) is 23.5. The maximum Gasteiger partial charge on any atom is 0.304 e. The molecular formula is C30H33N3O4S. The summed E-state index contributed by atoms with van der Waals surface area (Å²) >= 11 is 1.71. The molecule has 1 amide bonds. The Labute approximate surface area is 227 Å². The average Bonchev–Trinajstić information content (AvgIpc) is 3.21. The summed E-state index contributed by atoms with van der Waals surface area (Å²) in [4.78, 5) is 27.4. The van der Waals surface area contributed by atoms with E-state index in [1.54, 1.807) is 11.8 Å². The van der Waals surface area contributed by atoms with Crippen molar-refractivity contribution in [2.24, 2.45) is 11.7 Å². The Morgan fingerprint density at radius 3 is 2.26 bits per heavy atom. The normalized spacial score (nSPS) is 17.0. The molecule has 4 rings (SSSR count). The second-order valence-electron chi connectivity index (χ2n) is 9.49. The first-order valence-electron chi connectivity index (χ1n) is 12.7. The number of hydrogen-bond donors (Lipinski definition) is 3. The van der Waals surface area contributed by atoms with Crippen molar-refractivity contribution >= 4 is 29.5 Å². The molecular weight excluding hydrogens is 498 g/mol. The molecule has 1 heterocycles. The van der Waals surface area contributed by atoms with E-state index < -0.39 is 11.9 Å². The summed E-state index contributed by atoms with van der Waals surface area (Å²) < 4.78 is 6.07. The van der Waals surface area contributed by atoms with E-state index in [-0.39, 0.29) is 24.2 Å². The summed E-state index contributed by atoms with van der Waals surface area (Å²) in [5.41, 5.74) is 9.46. The number of carbonyl (C=O) groups excluding carboxylic acids is 1. The Morgan fingerprint density at radius 1 is 1.05 bits per heavy atom. The number of hydrogen-bond acceptors (Lipinski definition) is 5. The Bertz CT molecular complexity index is 1260. The summed E-state index contributed by atoms with van der Waals surface area (Å²) in [6.45, 7) is 0.888. The van der Waals surface area contributed by atoms with Crippen LogP contribution in [0.25, 0.3) is 11.1 Å². The lowest BCUT2D eigenvalue weighted by atomic mass is 10.0. The van der Waals surface area contributed by atoms with Gasteiger partial charge in [0.25, 0.3) is 0 Å². The van der Waals surface area contributed by atoms with Crippen molar-refractivity contribution in [3.05, 3.63) is 83.9 Å². The topological polar surface area (TPSA) is 117 Å². The lowest BCUT2D eigenvalue weighted by Crippen LogP contribution is -2.38. The summed E-state index contributed by atoms with van der Waals surface area (Å²) in [7, 11) is 0. The quantitative estimate of drug-likeness (QED) is 0.171. The molecule has 3 aromatic rings. The molecule has 2 atom stereocenters. The van der Waals surface area contributed by atoms with Crippen LogP contribution in [0.4, 0.5) is 0 Å². The molecule has 4 N–H and O–H groups in total. The lowest BCUT2D eigenvalue weighted by Gasteiger charge is -2.25. The molecule has 1 aliphatic rings. The van der Waals surface area contributed by atoms with E-state index in [2.05, 4.69) is 24.3 Å². The van der Waals surface area contributed by atoms with Crippen molar-refractivity contribution in [2.45, 2.75) is 36.6 Å². The van der Waals surface area contributed by atoms with Crippen LogP contribution in [0.2, 0.25) is 0 Å². The number of nitrogens with zero attached hydrogens (tertiary/aromatic N) is 1. The highest BCUT2D eigenvalue weighted by atomic mass is 32.2. The number of thioether (sulfide) groups is 1. The zero-order chi connectivity index (χ0) is 27.1. The number of benzene rings is 3. The first-order valence-corrected chi connectivity index (χ1v) is 13.9. The number of nitrogens with one attached hydrogen (secondary N) is 1. The van der Waals surface area contributed by atoms with Gasteiger partial charge in [0.05, 0.1) is 18.4 Å². The van der Waals surface area contributed by atoms with E-state index in [4.69, 9.17) is 15.9 Å². The van der Waals surface area contributed by atoms with Crippen LogP contribution in [-0.4, -0.2) is 53.2 Å². The van der Waals surface area contributed by atoms with Gasteiger partial charge in [0.15, 0.2) is 0 Å². The number of amides is 1. The molecule has 1 fully saturated rings. The van der Waals surface area contributed by atoms with E-state index in [0.29, 0.717) is 30.9 Å². The number of carboxylic acids is 1. The molecule has 8 heteroatoms. The van der Waals surface area contributed by atoms with E-state index in [0.717, 1.165) is 24.0 Å². The van der Waals surface area contributed by atoms with Gasteiger partial charge < -0.3 is 20.5 Å². The summed E-state index contributed by atoms with van der Waals surface area (Å²) in [5.74, 6) is -0.830. The number of carboxylic acid groups (broad SMARTS) is 1. The number of nitrogens with two attached hydrogens (primary N) is 1. The molecule has 3 aromatic carbocycles. The van der Waals surface area contributed by atoms with Crippen molar-refractivity contribution < 1.29 is 19.4 Å². The third-order valence-corrected chi connectivity index (χ3v) is 7.64. The van der Waals surface area contributed by atoms with Gasteiger partial charge in [-0.3, -0.25) is 15.0 Å². The second-order valence-corrected chi connectivity index (χ2v) is 10.4. The number of rotatable bonds is 12. The van der Waals surface area contributed by atoms with Gasteiger partial charge in [-0.25, -0.2) is 0 Å². The van der Waals surface area contributed by atoms with Gasteiger partial charge in [0.2, 0.25) is 5.91 Å². The molecule has 38 heavy (non-hydrogen) atoms. The molecule has 0 radical (unpaired) electrons. The highest BCUT2D eigenvalue weighted by molar-refractivity contribution is 7.98. The molecule has 0 spiro atoms. The van der Waals surface area contributed by atoms with Gasteiger partial charge >= 0.3 is 5.97 Å². The number of carbonyl (C=O) groups is 2. The van der Waals surface area contributed by atoms with Gasteiger partial charge in [-0.1, -0.05) is 48.5 Å². The van der Waals surface area contributed by atoms with Crippen LogP contribution in [0, 0.1) is 11.3 Å². The molecule has 7 nitrogen and oxygen atoms in total. The summed E-state index contributed by atoms with van der Waals surface area (Å²) in [5, 5.41) is 16.8. The van der Waals surface area contributed by atoms with Crippen LogP contribution in [0.3, 0.4) is 0 Å². The van der Waals surface area contributed by atoms with Gasteiger partial charge in [0, 0.05) is 17.0 Å². The Kier molecular flexibility index (Phi) is 9.07. The molecule has 0 saturated carbocycles. The maximum atomic E-state index is 13.0. The molecule has 1 saturated heterocycles. The monoisotopic (exact) mass is 531 g/mol. The van der Waals surface area contributed by atoms with E-state index >= 15 is 0 Å². The first-order chi connectivity index (χ1) is 18.3. The van der Waals surface area contributed by atoms with Crippen LogP contribution < -0.4 is 10.5 Å². The number of aliphatic carboxylic acids is 1. The fraction of sp³-hybridized carbons (Fsp3) is 0.300. The zero-order valence-corrected chi connectivity index (χ0v) is 22.2. The standard InChI is InChI=1S/C30H33N3O4S/c1-38-27-14-4-20(5-15-27)3-2-16-33-25(17-24(30(33)36)18-28(34)35)19-37-26-12-10-22(11-13-26)21-6-8-23(9-7-21)29(31)32/h4-15,24-25H,2-3,16-19H2,1H3,(H3,31,32)(H,34,35). The number of amidine groups is 1. The van der Waals surface area contributed by atoms with Crippen LogP contribution in [0.1, 0.15) is 30.4 Å². The molecule has 198 valence electrons. The second kappa shape index (κ2) is 12.6. The van der Waals surface area contributed by atoms with Crippen molar-refractivity contribution in [1.29, 1.82) is 5.41 Å². The highest BCUT2D eigenvalue weighted by Crippen LogP contribution is 2.29. The maximum absolute atomic E-state index is 13.0. The minimum Gasteiger partial charge on any atom is -0.491 e. The van der Waals surface area contributed by atoms with Gasteiger partial charge in [-0.2, -0.15) is 0 Å². The molecule has 0 bridgehead atoms. The molecule has 1 aliphatic heterocycles. The molecule has 0 aliphatic carbocycles. The predicted octanol–water partition coefficient (Wildman–Crippen LogP) is 5.06. The van der Waals surface area contributed by atoms with Crippen LogP contribution in [-0.2, 0) is 16.0 Å². The van der Waals surface area contributed by atoms with Gasteiger partial charge in [-0.15, -0.1) is 11.8 Å². The van der Waals surface area contributed by atoms with E-state index in [1.807, 2.05) is 59.7 Å². The first kappa shape index (κ1) is 27.3. The van der Waals surface area contributed by atoms with E-state index in [1.165, 1.54) is 10.5 Å². The Morgan fingerprint density at radius 2 is 1.68 bits per heavy atom. The van der Waals surface area contributed by atoms with E-state index in [9.17, 15) is 14.7 Å². The fourth-order valence-corrected chi connectivity index (χ4v) is 5.24. The smallest absolute Gasteiger partial charge is 0.304 e. The van der Waals surface area contributed by atoms with Crippen LogP contribution in [0.5, 0.6) is 5.75 Å². The predicted molar refractivity (Wildman–Crippen MR) is 151 cm³/mol. The number of aryl methyl sites for hydroxylation is 1. The van der Waals surface area contributed by atoms with Crippen molar-refractivity contribution in [1.82, 2.24) is 4.90 Å². The summed E-state index contributed by atoms with van der Waals surface area (Å²) in [6.07, 6.45) is 4.03. The highest BCUT2D eigenvalue weighted by Gasteiger charge is 2.40. The van der Waals surface area contributed by atoms with Crippen LogP contribution >= 0.6 is 11.8 Å². The van der Waals surface area contributed by atoms with Crippen molar-refractivity contribution in [3.8, 4) is 16.9 Å². The molecule has 0 aromatic heterocycles. The minimum atomic E-state index is -0.953. The third kappa shape index (κ3) is 6.95.